The Morgan fingerprint density at radius 3 is 2.55 bits per heavy atom. The lowest BCUT2D eigenvalue weighted by atomic mass is 10.1. The lowest BCUT2D eigenvalue weighted by molar-refractivity contribution is 0.413. The van der Waals surface area contributed by atoms with E-state index in [1.54, 1.807) is 12.1 Å². The minimum Gasteiger partial charge on any atom is -0.352 e. The zero-order valence-corrected chi connectivity index (χ0v) is 25.3. The first-order valence-electron chi connectivity index (χ1n) is 14.2. The quantitative estimate of drug-likeness (QED) is 0.312. The van der Waals surface area contributed by atoms with E-state index in [9.17, 15) is 4.39 Å². The van der Waals surface area contributed by atoms with Crippen molar-refractivity contribution in [1.82, 2.24) is 19.9 Å². The molecule has 0 spiro atoms. The van der Waals surface area contributed by atoms with E-state index < -0.39 is 5.82 Å². The zero-order valence-electron chi connectivity index (χ0n) is 23.7. The number of likely N-dealkylation sites (N-methyl/N-ethyl adjacent to an activating group) is 1. The second kappa shape index (κ2) is 12.5. The number of piperazine rings is 1. The number of anilines is 3. The van der Waals surface area contributed by atoms with Crippen molar-refractivity contribution in [3.05, 3.63) is 58.0 Å². The fraction of sp³-hybridized carbons (Fsp3) is 0.500. The highest BCUT2D eigenvalue weighted by Crippen LogP contribution is 2.33. The first-order valence-corrected chi connectivity index (χ1v) is 14.9. The van der Waals surface area contributed by atoms with Gasteiger partial charge in [0.15, 0.2) is 0 Å². The molecule has 0 N–H and O–H groups in total. The molecule has 2 aliphatic rings. The molecule has 2 saturated heterocycles. The molecule has 4 heterocycles. The fourth-order valence-corrected chi connectivity index (χ4v) is 6.20. The number of hydrogen-bond donors (Lipinski definition) is 0. The Balaban J connectivity index is 1.41. The van der Waals surface area contributed by atoms with Crippen molar-refractivity contribution in [1.29, 1.82) is 0 Å². The summed E-state index contributed by atoms with van der Waals surface area (Å²) in [5.41, 5.74) is 2.67. The van der Waals surface area contributed by atoms with Crippen LogP contribution in [-0.4, -0.2) is 78.8 Å². The number of pyridine rings is 1. The molecule has 5 rings (SSSR count). The summed E-state index contributed by atoms with van der Waals surface area (Å²) in [4.78, 5) is 23.8. The Hall–Kier alpha value is -2.68. The van der Waals surface area contributed by atoms with Crippen LogP contribution in [0.15, 0.2) is 36.5 Å². The second-order valence-electron chi connectivity index (χ2n) is 11.1. The molecule has 214 valence electrons. The van der Waals surface area contributed by atoms with Crippen LogP contribution >= 0.6 is 23.2 Å². The van der Waals surface area contributed by atoms with Gasteiger partial charge in [0.2, 0.25) is 5.95 Å². The normalized spacial score (nSPS) is 19.6. The molecule has 0 amide bonds. The first kappa shape index (κ1) is 28.8. The highest BCUT2D eigenvalue weighted by Gasteiger charge is 2.30. The summed E-state index contributed by atoms with van der Waals surface area (Å²) in [6.45, 7) is 8.60. The van der Waals surface area contributed by atoms with Gasteiger partial charge < -0.3 is 19.6 Å². The summed E-state index contributed by atoms with van der Waals surface area (Å²) in [5.74, 6) is 1.99. The standard InChI is InChI=1S/C30H38Cl2FN7/c1-5-23-7-6-11-40(23)30-35-27(22-8-9-26(33)24(31)16-22)17-28(36-30)39-14-13-38(19-20(39)2)29-25(32)15-21(18-34-29)10-12-37(3)4/h8-9,15-18,20,23H,5-7,10-14,19H2,1-4H3. The van der Waals surface area contributed by atoms with Crippen molar-refractivity contribution in [2.24, 2.45) is 0 Å². The van der Waals surface area contributed by atoms with E-state index in [1.165, 1.54) is 6.07 Å². The Morgan fingerprint density at radius 1 is 1.02 bits per heavy atom. The van der Waals surface area contributed by atoms with E-state index in [0.29, 0.717) is 11.1 Å². The number of aromatic nitrogens is 3. The summed E-state index contributed by atoms with van der Waals surface area (Å²) in [6, 6.07) is 9.40. The molecular formula is C30H38Cl2FN7. The predicted molar refractivity (Wildman–Crippen MR) is 164 cm³/mol. The average Bonchev–Trinajstić information content (AvgIpc) is 3.42. The summed E-state index contributed by atoms with van der Waals surface area (Å²) >= 11 is 12.9. The predicted octanol–water partition coefficient (Wildman–Crippen LogP) is 6.18. The first-order chi connectivity index (χ1) is 19.2. The van der Waals surface area contributed by atoms with E-state index in [1.807, 2.05) is 18.3 Å². The van der Waals surface area contributed by atoms with Crippen LogP contribution in [0.1, 0.15) is 38.7 Å². The van der Waals surface area contributed by atoms with Gasteiger partial charge >= 0.3 is 0 Å². The zero-order chi connectivity index (χ0) is 28.4. The number of rotatable bonds is 8. The van der Waals surface area contributed by atoms with Crippen LogP contribution in [0.2, 0.25) is 10.0 Å². The van der Waals surface area contributed by atoms with Gasteiger partial charge in [0.05, 0.1) is 15.7 Å². The van der Waals surface area contributed by atoms with Gasteiger partial charge in [0, 0.05) is 62.6 Å². The average molecular weight is 587 g/mol. The monoisotopic (exact) mass is 585 g/mol. The lowest BCUT2D eigenvalue weighted by Gasteiger charge is -2.41. The molecule has 3 aromatic rings. The molecular weight excluding hydrogens is 548 g/mol. The molecule has 0 radical (unpaired) electrons. The lowest BCUT2D eigenvalue weighted by Crippen LogP contribution is -2.53. The van der Waals surface area contributed by atoms with Gasteiger partial charge in [-0.1, -0.05) is 30.1 Å². The largest absolute Gasteiger partial charge is 0.352 e. The van der Waals surface area contributed by atoms with Crippen LogP contribution in [0, 0.1) is 5.82 Å². The molecule has 7 nitrogen and oxygen atoms in total. The summed E-state index contributed by atoms with van der Waals surface area (Å²) < 4.78 is 14.0. The van der Waals surface area contributed by atoms with Crippen molar-refractivity contribution < 1.29 is 4.39 Å². The smallest absolute Gasteiger partial charge is 0.228 e. The molecule has 0 bridgehead atoms. The topological polar surface area (TPSA) is 51.6 Å². The third-order valence-corrected chi connectivity index (χ3v) is 8.54. The second-order valence-corrected chi connectivity index (χ2v) is 11.9. The molecule has 0 aliphatic carbocycles. The van der Waals surface area contributed by atoms with Crippen LogP contribution in [-0.2, 0) is 6.42 Å². The van der Waals surface area contributed by atoms with E-state index in [-0.39, 0.29) is 11.1 Å². The van der Waals surface area contributed by atoms with E-state index in [4.69, 9.17) is 38.2 Å². The van der Waals surface area contributed by atoms with Gasteiger partial charge in [-0.05, 0) is 76.5 Å². The molecule has 2 aromatic heterocycles. The molecule has 2 unspecified atom stereocenters. The number of hydrogen-bond acceptors (Lipinski definition) is 7. The highest BCUT2D eigenvalue weighted by molar-refractivity contribution is 6.33. The van der Waals surface area contributed by atoms with Gasteiger partial charge in [-0.3, -0.25) is 0 Å². The Morgan fingerprint density at radius 2 is 1.85 bits per heavy atom. The third-order valence-electron chi connectivity index (χ3n) is 7.97. The Kier molecular flexibility index (Phi) is 8.98. The number of benzene rings is 1. The van der Waals surface area contributed by atoms with Gasteiger partial charge in [-0.25, -0.2) is 14.4 Å². The number of halogens is 3. The number of nitrogens with zero attached hydrogens (tertiary/aromatic N) is 7. The van der Waals surface area contributed by atoms with Crippen molar-refractivity contribution >= 4 is 40.8 Å². The molecule has 2 aliphatic heterocycles. The van der Waals surface area contributed by atoms with Crippen LogP contribution in [0.5, 0.6) is 0 Å². The maximum absolute atomic E-state index is 14.0. The van der Waals surface area contributed by atoms with Crippen LogP contribution < -0.4 is 14.7 Å². The minimum atomic E-state index is -0.437. The van der Waals surface area contributed by atoms with Crippen molar-refractivity contribution in [2.45, 2.75) is 51.6 Å². The molecule has 40 heavy (non-hydrogen) atoms. The van der Waals surface area contributed by atoms with Crippen molar-refractivity contribution in [3.63, 3.8) is 0 Å². The maximum atomic E-state index is 14.0. The van der Waals surface area contributed by atoms with Gasteiger partial charge in [-0.15, -0.1) is 0 Å². The van der Waals surface area contributed by atoms with Crippen molar-refractivity contribution in [2.75, 3.05) is 61.5 Å². The molecule has 0 saturated carbocycles. The highest BCUT2D eigenvalue weighted by atomic mass is 35.5. The van der Waals surface area contributed by atoms with Crippen LogP contribution in [0.4, 0.5) is 22.0 Å². The maximum Gasteiger partial charge on any atom is 0.228 e. The van der Waals surface area contributed by atoms with E-state index in [2.05, 4.69) is 47.5 Å². The summed E-state index contributed by atoms with van der Waals surface area (Å²) in [6.07, 6.45) is 6.16. The fourth-order valence-electron chi connectivity index (χ4n) is 5.71. The van der Waals surface area contributed by atoms with E-state index >= 15 is 0 Å². The molecule has 2 atom stereocenters. The summed E-state index contributed by atoms with van der Waals surface area (Å²) in [5, 5.41) is 0.780. The molecule has 10 heteroatoms. The Bertz CT molecular complexity index is 1340. The van der Waals surface area contributed by atoms with Crippen LogP contribution in [0.25, 0.3) is 11.3 Å². The third kappa shape index (κ3) is 6.29. The van der Waals surface area contributed by atoms with Gasteiger partial charge in [0.25, 0.3) is 0 Å². The molecule has 1 aromatic carbocycles. The Labute approximate surface area is 246 Å². The SMILES string of the molecule is CCC1CCCN1c1nc(-c2ccc(F)c(Cl)c2)cc(N2CCN(c3ncc(CCN(C)C)cc3Cl)CC2C)n1. The van der Waals surface area contributed by atoms with Crippen molar-refractivity contribution in [3.8, 4) is 11.3 Å². The van der Waals surface area contributed by atoms with Gasteiger partial charge in [-0.2, -0.15) is 4.98 Å². The van der Waals surface area contributed by atoms with E-state index in [0.717, 1.165) is 92.8 Å². The summed E-state index contributed by atoms with van der Waals surface area (Å²) in [7, 11) is 4.13. The van der Waals surface area contributed by atoms with Gasteiger partial charge in [0.1, 0.15) is 17.5 Å². The minimum absolute atomic E-state index is 0.0888. The van der Waals surface area contributed by atoms with Crippen LogP contribution in [0.3, 0.4) is 0 Å². The molecule has 2 fully saturated rings.